The second-order valence-electron chi connectivity index (χ2n) is 4.23. The van der Waals surface area contributed by atoms with Crippen molar-refractivity contribution < 1.29 is 13.6 Å². The summed E-state index contributed by atoms with van der Waals surface area (Å²) in [5, 5.41) is 0. The first kappa shape index (κ1) is 14.6. The molecule has 1 atom stereocenters. The van der Waals surface area contributed by atoms with Gasteiger partial charge in [0.25, 0.3) is 6.43 Å². The van der Waals surface area contributed by atoms with E-state index in [0.29, 0.717) is 6.42 Å². The Morgan fingerprint density at radius 2 is 1.94 bits per heavy atom. The Hall–Kier alpha value is -1.49. The molecule has 0 aliphatic heterocycles. The van der Waals surface area contributed by atoms with Crippen LogP contribution >= 0.6 is 0 Å². The van der Waals surface area contributed by atoms with Gasteiger partial charge in [0.1, 0.15) is 0 Å². The fourth-order valence-corrected chi connectivity index (χ4v) is 1.78. The first-order chi connectivity index (χ1) is 8.54. The van der Waals surface area contributed by atoms with E-state index in [2.05, 4.69) is 0 Å². The molecule has 2 N–H and O–H groups in total. The van der Waals surface area contributed by atoms with Crippen molar-refractivity contribution in [3.8, 4) is 0 Å². The van der Waals surface area contributed by atoms with Crippen LogP contribution in [0.1, 0.15) is 5.56 Å². The van der Waals surface area contributed by atoms with Crippen molar-refractivity contribution in [1.29, 1.82) is 0 Å². The highest BCUT2D eigenvalue weighted by Crippen LogP contribution is 2.11. The Morgan fingerprint density at radius 1 is 1.33 bits per heavy atom. The molecule has 0 aliphatic rings. The van der Waals surface area contributed by atoms with Crippen molar-refractivity contribution in [3.05, 3.63) is 35.9 Å². The van der Waals surface area contributed by atoms with Gasteiger partial charge in [0, 0.05) is 13.6 Å². The molecule has 5 heteroatoms. The third-order valence-corrected chi connectivity index (χ3v) is 2.75. The second kappa shape index (κ2) is 7.06. The first-order valence-corrected chi connectivity index (χ1v) is 5.81. The van der Waals surface area contributed by atoms with E-state index in [1.807, 2.05) is 30.3 Å². The summed E-state index contributed by atoms with van der Waals surface area (Å²) >= 11 is 0. The van der Waals surface area contributed by atoms with Crippen molar-refractivity contribution in [2.75, 3.05) is 20.1 Å². The fourth-order valence-electron chi connectivity index (χ4n) is 1.78. The highest BCUT2D eigenvalue weighted by molar-refractivity contribution is 5.79. The summed E-state index contributed by atoms with van der Waals surface area (Å²) < 4.78 is 24.4. The molecule has 0 aliphatic carbocycles. The number of hydrogen-bond acceptors (Lipinski definition) is 2. The summed E-state index contributed by atoms with van der Waals surface area (Å²) in [4.78, 5) is 13.0. The number of carbonyl (C=O) groups is 1. The summed E-state index contributed by atoms with van der Waals surface area (Å²) in [6, 6.07) is 9.41. The molecule has 1 aromatic carbocycles. The molecule has 0 fully saturated rings. The zero-order valence-corrected chi connectivity index (χ0v) is 10.4. The van der Waals surface area contributed by atoms with Gasteiger partial charge in [-0.2, -0.15) is 0 Å². The maximum Gasteiger partial charge on any atom is 0.255 e. The quantitative estimate of drug-likeness (QED) is 0.839. The molecule has 0 saturated heterocycles. The normalized spacial score (nSPS) is 12.5. The maximum absolute atomic E-state index is 12.2. The van der Waals surface area contributed by atoms with Gasteiger partial charge in [-0.3, -0.25) is 4.79 Å². The molecular formula is C13H18F2N2O. The molecule has 3 nitrogen and oxygen atoms in total. The standard InChI is InChI=1S/C13H18F2N2O/c1-17(9-12(14)15)13(18)11(8-16)7-10-5-3-2-4-6-10/h2-6,11-12H,7-9,16H2,1H3. The Kier molecular flexibility index (Phi) is 5.71. The van der Waals surface area contributed by atoms with Crippen molar-refractivity contribution in [3.63, 3.8) is 0 Å². The van der Waals surface area contributed by atoms with E-state index in [9.17, 15) is 13.6 Å². The van der Waals surface area contributed by atoms with Crippen LogP contribution in [-0.2, 0) is 11.2 Å². The molecule has 0 bridgehead atoms. The van der Waals surface area contributed by atoms with Crippen molar-refractivity contribution in [2.24, 2.45) is 11.7 Å². The van der Waals surface area contributed by atoms with Crippen LogP contribution in [0, 0.1) is 5.92 Å². The van der Waals surface area contributed by atoms with E-state index in [4.69, 9.17) is 5.73 Å². The summed E-state index contributed by atoms with van der Waals surface area (Å²) in [6.07, 6.45) is -2.04. The molecule has 0 heterocycles. The Morgan fingerprint density at radius 3 is 2.44 bits per heavy atom. The molecule has 1 unspecified atom stereocenters. The van der Waals surface area contributed by atoms with E-state index >= 15 is 0 Å². The summed E-state index contributed by atoms with van der Waals surface area (Å²) in [5.74, 6) is -0.780. The Labute approximate surface area is 106 Å². The number of halogens is 2. The smallest absolute Gasteiger partial charge is 0.255 e. The van der Waals surface area contributed by atoms with Gasteiger partial charge in [0.15, 0.2) is 0 Å². The van der Waals surface area contributed by atoms with Gasteiger partial charge in [-0.1, -0.05) is 30.3 Å². The third kappa shape index (κ3) is 4.41. The third-order valence-electron chi connectivity index (χ3n) is 2.75. The zero-order chi connectivity index (χ0) is 13.5. The molecule has 0 saturated carbocycles. The monoisotopic (exact) mass is 256 g/mol. The number of hydrogen-bond donors (Lipinski definition) is 1. The molecule has 1 amide bonds. The molecule has 100 valence electrons. The predicted octanol–water partition coefficient (Wildman–Crippen LogP) is 1.53. The van der Waals surface area contributed by atoms with Crippen molar-refractivity contribution >= 4 is 5.91 Å². The average molecular weight is 256 g/mol. The molecule has 0 radical (unpaired) electrons. The van der Waals surface area contributed by atoms with Gasteiger partial charge >= 0.3 is 0 Å². The average Bonchev–Trinajstić information content (AvgIpc) is 2.35. The second-order valence-corrected chi connectivity index (χ2v) is 4.23. The lowest BCUT2D eigenvalue weighted by Gasteiger charge is -2.22. The van der Waals surface area contributed by atoms with Gasteiger partial charge in [-0.05, 0) is 12.0 Å². The van der Waals surface area contributed by atoms with Crippen LogP contribution in [0.2, 0.25) is 0 Å². The lowest BCUT2D eigenvalue weighted by Crippen LogP contribution is -2.40. The van der Waals surface area contributed by atoms with Crippen LogP contribution in [0.15, 0.2) is 30.3 Å². The van der Waals surface area contributed by atoms with Gasteiger partial charge < -0.3 is 10.6 Å². The number of nitrogens with two attached hydrogens (primary N) is 1. The minimum absolute atomic E-state index is 0.154. The minimum Gasteiger partial charge on any atom is -0.340 e. The van der Waals surface area contributed by atoms with Gasteiger partial charge in [0.05, 0.1) is 12.5 Å². The van der Waals surface area contributed by atoms with Crippen LogP contribution in [0.5, 0.6) is 0 Å². The minimum atomic E-state index is -2.52. The van der Waals surface area contributed by atoms with Crippen molar-refractivity contribution in [2.45, 2.75) is 12.8 Å². The lowest BCUT2D eigenvalue weighted by atomic mass is 9.98. The number of amides is 1. The van der Waals surface area contributed by atoms with Crippen LogP contribution < -0.4 is 5.73 Å². The Balaban J connectivity index is 2.63. The predicted molar refractivity (Wildman–Crippen MR) is 66.3 cm³/mol. The van der Waals surface area contributed by atoms with Crippen LogP contribution in [0.4, 0.5) is 8.78 Å². The van der Waals surface area contributed by atoms with E-state index in [1.54, 1.807) is 0 Å². The molecule has 18 heavy (non-hydrogen) atoms. The van der Waals surface area contributed by atoms with E-state index < -0.39 is 18.9 Å². The molecular weight excluding hydrogens is 238 g/mol. The first-order valence-electron chi connectivity index (χ1n) is 5.81. The zero-order valence-electron chi connectivity index (χ0n) is 10.4. The summed E-state index contributed by atoms with van der Waals surface area (Å²) in [7, 11) is 1.38. The van der Waals surface area contributed by atoms with Crippen molar-refractivity contribution in [1.82, 2.24) is 4.90 Å². The Bertz CT molecular complexity index is 371. The van der Waals surface area contributed by atoms with E-state index in [-0.39, 0.29) is 12.5 Å². The largest absolute Gasteiger partial charge is 0.340 e. The SMILES string of the molecule is CN(CC(F)F)C(=O)C(CN)Cc1ccccc1. The maximum atomic E-state index is 12.2. The number of nitrogens with zero attached hydrogens (tertiary/aromatic N) is 1. The van der Waals surface area contributed by atoms with Crippen LogP contribution in [0.3, 0.4) is 0 Å². The molecule has 1 rings (SSSR count). The van der Waals surface area contributed by atoms with E-state index in [1.165, 1.54) is 7.05 Å². The highest BCUT2D eigenvalue weighted by atomic mass is 19.3. The molecule has 0 aromatic heterocycles. The van der Waals surface area contributed by atoms with Gasteiger partial charge in [0.2, 0.25) is 5.91 Å². The van der Waals surface area contributed by atoms with Gasteiger partial charge in [-0.15, -0.1) is 0 Å². The van der Waals surface area contributed by atoms with E-state index in [0.717, 1.165) is 10.5 Å². The fraction of sp³-hybridized carbons (Fsp3) is 0.462. The lowest BCUT2D eigenvalue weighted by molar-refractivity contribution is -0.135. The number of carbonyl (C=O) groups excluding carboxylic acids is 1. The number of rotatable bonds is 6. The molecule has 1 aromatic rings. The number of alkyl halides is 2. The van der Waals surface area contributed by atoms with Crippen LogP contribution in [0.25, 0.3) is 0 Å². The highest BCUT2D eigenvalue weighted by Gasteiger charge is 2.22. The summed E-state index contributed by atoms with van der Waals surface area (Å²) in [6.45, 7) is -0.397. The molecule has 0 spiro atoms. The summed E-state index contributed by atoms with van der Waals surface area (Å²) in [5.41, 5.74) is 6.53. The van der Waals surface area contributed by atoms with Crippen LogP contribution in [-0.4, -0.2) is 37.4 Å². The van der Waals surface area contributed by atoms with Gasteiger partial charge in [-0.25, -0.2) is 8.78 Å². The number of benzene rings is 1. The topological polar surface area (TPSA) is 46.3 Å².